The van der Waals surface area contributed by atoms with Crippen molar-refractivity contribution < 1.29 is 19.0 Å². The number of methoxy groups -OCH3 is 1. The fourth-order valence-electron chi connectivity index (χ4n) is 3.10. The largest absolute Gasteiger partial charge is 0.494 e. The van der Waals surface area contributed by atoms with Gasteiger partial charge in [-0.1, -0.05) is 23.9 Å². The Morgan fingerprint density at radius 3 is 2.66 bits per heavy atom. The van der Waals surface area contributed by atoms with Crippen LogP contribution in [0.15, 0.2) is 52.4 Å². The van der Waals surface area contributed by atoms with Crippen molar-refractivity contribution in [1.82, 2.24) is 9.55 Å². The Morgan fingerprint density at radius 1 is 1.12 bits per heavy atom. The van der Waals surface area contributed by atoms with E-state index in [1.807, 2.05) is 19.9 Å². The molecule has 2 aromatic carbocycles. The molecule has 0 aliphatic heterocycles. The molecule has 1 aromatic heterocycles. The minimum Gasteiger partial charge on any atom is -0.494 e. The number of aromatic nitrogens is 2. The van der Waals surface area contributed by atoms with Crippen LogP contribution in [-0.4, -0.2) is 48.1 Å². The Balaban J connectivity index is 1.80. The first-order valence-corrected chi connectivity index (χ1v) is 11.4. The van der Waals surface area contributed by atoms with E-state index in [-0.39, 0.29) is 17.2 Å². The lowest BCUT2D eigenvalue weighted by atomic mass is 10.2. The van der Waals surface area contributed by atoms with Gasteiger partial charge in [0.2, 0.25) is 5.91 Å². The summed E-state index contributed by atoms with van der Waals surface area (Å²) in [5.41, 5.74) is 0.974. The summed E-state index contributed by atoms with van der Waals surface area (Å²) in [6, 6.07) is 12.5. The van der Waals surface area contributed by atoms with Gasteiger partial charge in [0.25, 0.3) is 5.56 Å². The Labute approximate surface area is 190 Å². The SMILES string of the molecule is CCOc1ccc(OCC)c(NC(=O)CSc2nc3ccccc3c(=O)n2CCOC)c1. The van der Waals surface area contributed by atoms with Crippen molar-refractivity contribution in [2.24, 2.45) is 0 Å². The zero-order valence-corrected chi connectivity index (χ0v) is 19.2. The van der Waals surface area contributed by atoms with Crippen LogP contribution in [-0.2, 0) is 16.1 Å². The van der Waals surface area contributed by atoms with Crippen LogP contribution in [0.2, 0.25) is 0 Å². The molecule has 0 saturated carbocycles. The lowest BCUT2D eigenvalue weighted by molar-refractivity contribution is -0.113. The number of nitrogens with zero attached hydrogens (tertiary/aromatic N) is 2. The molecule has 8 nitrogen and oxygen atoms in total. The van der Waals surface area contributed by atoms with Crippen LogP contribution in [0.4, 0.5) is 5.69 Å². The van der Waals surface area contributed by atoms with Crippen LogP contribution in [0, 0.1) is 0 Å². The zero-order valence-electron chi connectivity index (χ0n) is 18.4. The number of anilines is 1. The lowest BCUT2D eigenvalue weighted by Gasteiger charge is -2.14. The van der Waals surface area contributed by atoms with E-state index in [1.165, 1.54) is 11.8 Å². The third-order valence-corrected chi connectivity index (χ3v) is 5.49. The van der Waals surface area contributed by atoms with Gasteiger partial charge >= 0.3 is 0 Å². The number of amides is 1. The molecule has 0 fully saturated rings. The number of carbonyl (C=O) groups excluding carboxylic acids is 1. The first-order valence-electron chi connectivity index (χ1n) is 10.4. The average Bonchev–Trinajstić information content (AvgIpc) is 2.79. The molecule has 170 valence electrons. The van der Waals surface area contributed by atoms with Crippen LogP contribution in [0.25, 0.3) is 10.9 Å². The number of hydrogen-bond donors (Lipinski definition) is 1. The van der Waals surface area contributed by atoms with Gasteiger partial charge in [-0.2, -0.15) is 0 Å². The zero-order chi connectivity index (χ0) is 22.9. The number of ether oxygens (including phenoxy) is 3. The summed E-state index contributed by atoms with van der Waals surface area (Å²) < 4.78 is 17.8. The third kappa shape index (κ3) is 5.80. The van der Waals surface area contributed by atoms with E-state index in [0.29, 0.717) is 59.6 Å². The van der Waals surface area contributed by atoms with Gasteiger partial charge in [0.15, 0.2) is 5.16 Å². The summed E-state index contributed by atoms with van der Waals surface area (Å²) in [4.78, 5) is 30.2. The van der Waals surface area contributed by atoms with Gasteiger partial charge in [-0.3, -0.25) is 14.2 Å². The van der Waals surface area contributed by atoms with Crippen LogP contribution in [0.3, 0.4) is 0 Å². The fraction of sp³-hybridized carbons (Fsp3) is 0.348. The van der Waals surface area contributed by atoms with E-state index < -0.39 is 0 Å². The van der Waals surface area contributed by atoms with E-state index in [9.17, 15) is 9.59 Å². The molecule has 0 radical (unpaired) electrons. The molecule has 1 N–H and O–H groups in total. The average molecular weight is 458 g/mol. The van der Waals surface area contributed by atoms with Gasteiger partial charge in [-0.15, -0.1) is 0 Å². The predicted octanol–water partition coefficient (Wildman–Crippen LogP) is 3.57. The van der Waals surface area contributed by atoms with Crippen LogP contribution < -0.4 is 20.3 Å². The topological polar surface area (TPSA) is 91.7 Å². The summed E-state index contributed by atoms with van der Waals surface area (Å²) >= 11 is 1.20. The van der Waals surface area contributed by atoms with E-state index in [0.717, 1.165) is 0 Å². The molecule has 3 aromatic rings. The molecule has 0 bridgehead atoms. The van der Waals surface area contributed by atoms with Gasteiger partial charge < -0.3 is 19.5 Å². The molecule has 0 aliphatic rings. The van der Waals surface area contributed by atoms with Gasteiger partial charge in [0, 0.05) is 13.2 Å². The van der Waals surface area contributed by atoms with Crippen molar-refractivity contribution in [3.8, 4) is 11.5 Å². The first-order chi connectivity index (χ1) is 15.6. The fourth-order valence-corrected chi connectivity index (χ4v) is 3.92. The number of carbonyl (C=O) groups is 1. The second-order valence-corrected chi connectivity index (χ2v) is 7.66. The highest BCUT2D eigenvalue weighted by atomic mass is 32.2. The molecule has 3 rings (SSSR count). The van der Waals surface area contributed by atoms with Gasteiger partial charge in [-0.05, 0) is 38.1 Å². The third-order valence-electron chi connectivity index (χ3n) is 4.51. The van der Waals surface area contributed by atoms with E-state index >= 15 is 0 Å². The van der Waals surface area contributed by atoms with Crippen molar-refractivity contribution in [3.63, 3.8) is 0 Å². The van der Waals surface area contributed by atoms with Crippen molar-refractivity contribution in [2.45, 2.75) is 25.5 Å². The standard InChI is InChI=1S/C23H27N3O5S/c1-4-30-16-10-11-20(31-5-2)19(14-16)24-21(27)15-32-23-25-18-9-7-6-8-17(18)22(28)26(23)12-13-29-3/h6-11,14H,4-5,12-13,15H2,1-3H3,(H,24,27). The Morgan fingerprint density at radius 2 is 1.91 bits per heavy atom. The summed E-state index contributed by atoms with van der Waals surface area (Å²) in [5.74, 6) is 1.03. The number of fused-ring (bicyclic) bond motifs is 1. The lowest BCUT2D eigenvalue weighted by Crippen LogP contribution is -2.26. The second kappa shape index (κ2) is 11.5. The van der Waals surface area contributed by atoms with Gasteiger partial charge in [0.1, 0.15) is 11.5 Å². The Bertz CT molecular complexity index is 1130. The molecule has 0 spiro atoms. The Kier molecular flexibility index (Phi) is 8.52. The maximum Gasteiger partial charge on any atom is 0.262 e. The van der Waals surface area contributed by atoms with Gasteiger partial charge in [0.05, 0.1) is 48.7 Å². The number of benzene rings is 2. The summed E-state index contributed by atoms with van der Waals surface area (Å²) in [6.45, 7) is 5.47. The molecule has 0 atom stereocenters. The molecule has 1 heterocycles. The highest BCUT2D eigenvalue weighted by Gasteiger charge is 2.15. The van der Waals surface area contributed by atoms with Crippen LogP contribution >= 0.6 is 11.8 Å². The molecule has 0 unspecified atom stereocenters. The van der Waals surface area contributed by atoms with Crippen molar-refractivity contribution in [3.05, 3.63) is 52.8 Å². The minimum atomic E-state index is -0.245. The minimum absolute atomic E-state index is 0.0716. The number of nitrogens with one attached hydrogen (secondary N) is 1. The molecule has 32 heavy (non-hydrogen) atoms. The molecule has 0 saturated heterocycles. The van der Waals surface area contributed by atoms with Crippen molar-refractivity contribution >= 4 is 34.3 Å². The van der Waals surface area contributed by atoms with E-state index in [2.05, 4.69) is 10.3 Å². The van der Waals surface area contributed by atoms with Crippen molar-refractivity contribution in [2.75, 3.05) is 38.0 Å². The van der Waals surface area contributed by atoms with Crippen LogP contribution in [0.1, 0.15) is 13.8 Å². The highest BCUT2D eigenvalue weighted by molar-refractivity contribution is 7.99. The monoisotopic (exact) mass is 457 g/mol. The molecule has 1 amide bonds. The van der Waals surface area contributed by atoms with E-state index in [1.54, 1.807) is 48.1 Å². The smallest absolute Gasteiger partial charge is 0.262 e. The van der Waals surface area contributed by atoms with E-state index in [4.69, 9.17) is 14.2 Å². The molecule has 9 heteroatoms. The number of thioether (sulfide) groups is 1. The molecular formula is C23H27N3O5S. The predicted molar refractivity (Wildman–Crippen MR) is 126 cm³/mol. The first kappa shape index (κ1) is 23.6. The summed E-state index contributed by atoms with van der Waals surface area (Å²) in [6.07, 6.45) is 0. The van der Waals surface area contributed by atoms with Crippen molar-refractivity contribution in [1.29, 1.82) is 0 Å². The Hall–Kier alpha value is -3.04. The number of hydrogen-bond acceptors (Lipinski definition) is 7. The number of para-hydroxylation sites is 1. The second-order valence-electron chi connectivity index (χ2n) is 6.72. The number of rotatable bonds is 11. The quantitative estimate of drug-likeness (QED) is 0.348. The summed E-state index contributed by atoms with van der Waals surface area (Å²) in [5, 5.41) is 3.87. The van der Waals surface area contributed by atoms with Crippen LogP contribution in [0.5, 0.6) is 11.5 Å². The normalized spacial score (nSPS) is 10.8. The highest BCUT2D eigenvalue weighted by Crippen LogP contribution is 2.30. The maximum atomic E-state index is 12.9. The van der Waals surface area contributed by atoms with Gasteiger partial charge in [-0.25, -0.2) is 4.98 Å². The molecular weight excluding hydrogens is 430 g/mol. The summed E-state index contributed by atoms with van der Waals surface area (Å²) in [7, 11) is 1.58. The molecule has 0 aliphatic carbocycles. The maximum absolute atomic E-state index is 12.9.